The Kier molecular flexibility index (Phi) is 30.6. The van der Waals surface area contributed by atoms with Crippen LogP contribution in [-0.2, 0) is 10.9 Å². The molecular weight excluding hydrogens is 392 g/mol. The van der Waals surface area contributed by atoms with E-state index >= 15 is 0 Å². The van der Waals surface area contributed by atoms with Crippen molar-refractivity contribution in [2.24, 2.45) is 5.92 Å². The summed E-state index contributed by atoms with van der Waals surface area (Å²) in [6.07, 6.45) is 0. The summed E-state index contributed by atoms with van der Waals surface area (Å²) in [6, 6.07) is 32.2. The van der Waals surface area contributed by atoms with Crippen molar-refractivity contribution in [2.45, 2.75) is 91.9 Å². The molecule has 0 atom stereocenters. The molecule has 3 aromatic carbocycles. The zero-order chi connectivity index (χ0) is 22.5. The third-order valence-electron chi connectivity index (χ3n) is 2.94. The Hall–Kier alpha value is -1.99. The van der Waals surface area contributed by atoms with E-state index in [1.165, 1.54) is 14.7 Å². The normalized spacial score (nSPS) is 8.23. The van der Waals surface area contributed by atoms with Gasteiger partial charge in [-0.3, -0.25) is 0 Å². The number of benzene rings is 3. The van der Waals surface area contributed by atoms with Crippen LogP contribution < -0.4 is 0 Å². The van der Waals surface area contributed by atoms with Crippen LogP contribution in [-0.4, -0.2) is 0 Å². The maximum Gasteiger partial charge on any atom is 0.166 e. The Balaban J connectivity index is -0.000000265. The Labute approximate surface area is 199 Å². The first-order valence-electron chi connectivity index (χ1n) is 11.1. The minimum Gasteiger partial charge on any atom is -0.0776 e. The fourth-order valence-corrected chi connectivity index (χ4v) is 4.18. The summed E-state index contributed by atoms with van der Waals surface area (Å²) in [4.78, 5) is 4.08. The van der Waals surface area contributed by atoms with Gasteiger partial charge in [0.15, 0.2) is 14.7 Å². The van der Waals surface area contributed by atoms with Crippen LogP contribution in [0.25, 0.3) is 0 Å². The minimum atomic E-state index is -0.0146. The molecule has 3 aromatic rings. The fraction of sp³-hybridized carbons (Fsp3) is 0.400. The lowest BCUT2D eigenvalue weighted by Crippen LogP contribution is -2.04. The topological polar surface area (TPSA) is 0 Å². The SMILES string of the molecule is C.C.CC.CC.CC.CC(C)C.c1ccc([S+](c2ccccc2)c2ccccc2)cc1. The van der Waals surface area contributed by atoms with Gasteiger partial charge in [0.1, 0.15) is 0 Å². The van der Waals surface area contributed by atoms with Crippen molar-refractivity contribution in [1.29, 1.82) is 0 Å². The van der Waals surface area contributed by atoms with Crippen LogP contribution in [0, 0.1) is 5.92 Å². The third kappa shape index (κ3) is 16.4. The lowest BCUT2D eigenvalue weighted by molar-refractivity contribution is 0.737. The van der Waals surface area contributed by atoms with Gasteiger partial charge in [-0.2, -0.15) is 0 Å². The highest BCUT2D eigenvalue weighted by atomic mass is 32.2. The lowest BCUT2D eigenvalue weighted by Gasteiger charge is -2.07. The van der Waals surface area contributed by atoms with Crippen LogP contribution in [0.15, 0.2) is 106 Å². The van der Waals surface area contributed by atoms with Crippen LogP contribution in [0.5, 0.6) is 0 Å². The first kappa shape index (κ1) is 36.4. The van der Waals surface area contributed by atoms with Crippen LogP contribution in [0.4, 0.5) is 0 Å². The van der Waals surface area contributed by atoms with Crippen LogP contribution in [0.1, 0.15) is 77.2 Å². The summed E-state index contributed by atoms with van der Waals surface area (Å²) in [5, 5.41) is 0. The van der Waals surface area contributed by atoms with E-state index < -0.39 is 0 Å². The van der Waals surface area contributed by atoms with E-state index in [-0.39, 0.29) is 25.7 Å². The standard InChI is InChI=1S/C18H15S.C4H10.3C2H6.2CH4/c1-4-10-16(11-5-1)19(17-12-6-2-7-13-17)18-14-8-3-9-15-18;1-4(2)3;3*1-2;;/h1-15H;4H,1-3H3;3*1-2H3;2*1H4/q+1;;;;;;. The molecule has 31 heavy (non-hydrogen) atoms. The van der Waals surface area contributed by atoms with E-state index in [1.807, 2.05) is 41.5 Å². The molecule has 176 valence electrons. The van der Waals surface area contributed by atoms with Gasteiger partial charge in [-0.1, -0.05) is 132 Å². The molecule has 0 radical (unpaired) electrons. The zero-order valence-electron chi connectivity index (χ0n) is 20.1. The van der Waals surface area contributed by atoms with Crippen molar-refractivity contribution in [2.75, 3.05) is 0 Å². The van der Waals surface area contributed by atoms with E-state index in [2.05, 4.69) is 112 Å². The van der Waals surface area contributed by atoms with Crippen molar-refractivity contribution in [3.05, 3.63) is 91.0 Å². The van der Waals surface area contributed by atoms with Gasteiger partial charge in [0.2, 0.25) is 0 Å². The van der Waals surface area contributed by atoms with Gasteiger partial charge in [0.25, 0.3) is 0 Å². The second-order valence-corrected chi connectivity index (χ2v) is 8.00. The Morgan fingerprint density at radius 1 is 0.419 bits per heavy atom. The lowest BCUT2D eigenvalue weighted by atomic mass is 10.3. The number of hydrogen-bond acceptors (Lipinski definition) is 0. The highest BCUT2D eigenvalue weighted by Crippen LogP contribution is 2.30. The first-order chi connectivity index (χ1) is 14.2. The highest BCUT2D eigenvalue weighted by molar-refractivity contribution is 7.97. The Morgan fingerprint density at radius 2 is 0.581 bits per heavy atom. The molecule has 0 unspecified atom stereocenters. The predicted molar refractivity (Wildman–Crippen MR) is 150 cm³/mol. The van der Waals surface area contributed by atoms with Crippen LogP contribution in [0.2, 0.25) is 0 Å². The molecule has 0 saturated heterocycles. The maximum atomic E-state index is 2.21. The summed E-state index contributed by atoms with van der Waals surface area (Å²) in [7, 11) is -0.0146. The van der Waals surface area contributed by atoms with E-state index in [4.69, 9.17) is 0 Å². The summed E-state index contributed by atoms with van der Waals surface area (Å²) in [5.41, 5.74) is 0. The van der Waals surface area contributed by atoms with Crippen molar-refractivity contribution in [1.82, 2.24) is 0 Å². The van der Waals surface area contributed by atoms with Gasteiger partial charge in [-0.15, -0.1) is 0 Å². The maximum absolute atomic E-state index is 2.21. The molecule has 1 heteroatoms. The molecule has 0 aromatic heterocycles. The molecule has 0 bridgehead atoms. The van der Waals surface area contributed by atoms with Gasteiger partial charge in [0.05, 0.1) is 10.9 Å². The molecule has 0 aliphatic rings. The molecule has 0 spiro atoms. The summed E-state index contributed by atoms with van der Waals surface area (Å²) in [6.45, 7) is 18.5. The van der Waals surface area contributed by atoms with E-state index in [9.17, 15) is 0 Å². The average molecular weight is 444 g/mol. The van der Waals surface area contributed by atoms with Gasteiger partial charge < -0.3 is 0 Å². The number of hydrogen-bond donors (Lipinski definition) is 0. The molecule has 0 fully saturated rings. The van der Waals surface area contributed by atoms with E-state index in [1.54, 1.807) is 0 Å². The zero-order valence-corrected chi connectivity index (χ0v) is 21.0. The Bertz CT molecular complexity index is 564. The monoisotopic (exact) mass is 443 g/mol. The van der Waals surface area contributed by atoms with Crippen LogP contribution in [0.3, 0.4) is 0 Å². The molecular formula is C30H51S+. The summed E-state index contributed by atoms with van der Waals surface area (Å²) >= 11 is 0. The largest absolute Gasteiger partial charge is 0.166 e. The van der Waals surface area contributed by atoms with Gasteiger partial charge in [-0.25, -0.2) is 0 Å². The first-order valence-corrected chi connectivity index (χ1v) is 12.3. The molecule has 0 aliphatic heterocycles. The average Bonchev–Trinajstić information content (AvgIpc) is 2.80. The molecule has 3 rings (SSSR count). The van der Waals surface area contributed by atoms with E-state index in [0.29, 0.717) is 0 Å². The minimum absolute atomic E-state index is 0. The third-order valence-corrected chi connectivity index (χ3v) is 5.17. The quantitative estimate of drug-likeness (QED) is 0.353. The number of rotatable bonds is 3. The second kappa shape index (κ2) is 26.0. The summed E-state index contributed by atoms with van der Waals surface area (Å²) < 4.78 is 0. The van der Waals surface area contributed by atoms with Crippen molar-refractivity contribution < 1.29 is 0 Å². The molecule has 0 nitrogen and oxygen atoms in total. The van der Waals surface area contributed by atoms with Gasteiger partial charge in [-0.05, 0) is 42.3 Å². The molecule has 0 amide bonds. The highest BCUT2D eigenvalue weighted by Gasteiger charge is 2.27. The van der Waals surface area contributed by atoms with Crippen molar-refractivity contribution in [3.63, 3.8) is 0 Å². The second-order valence-electron chi connectivity index (χ2n) is 5.98. The van der Waals surface area contributed by atoms with Crippen molar-refractivity contribution in [3.8, 4) is 0 Å². The van der Waals surface area contributed by atoms with E-state index in [0.717, 1.165) is 5.92 Å². The smallest absolute Gasteiger partial charge is 0.0776 e. The van der Waals surface area contributed by atoms with Gasteiger partial charge in [0, 0.05) is 0 Å². The predicted octanol–water partition coefficient (Wildman–Crippen LogP) is 10.8. The Morgan fingerprint density at radius 3 is 0.742 bits per heavy atom. The van der Waals surface area contributed by atoms with Crippen LogP contribution >= 0.6 is 0 Å². The molecule has 0 saturated carbocycles. The molecule has 0 heterocycles. The molecule has 0 aliphatic carbocycles. The van der Waals surface area contributed by atoms with Crippen molar-refractivity contribution >= 4 is 10.9 Å². The summed E-state index contributed by atoms with van der Waals surface area (Å²) in [5.74, 6) is 0.833. The molecule has 0 N–H and O–H groups in total. The fourth-order valence-electron chi connectivity index (χ4n) is 2.08. The van der Waals surface area contributed by atoms with Gasteiger partial charge >= 0.3 is 0 Å².